The van der Waals surface area contributed by atoms with Gasteiger partial charge in [0.2, 0.25) is 0 Å². The average molecular weight is 205 g/mol. The van der Waals surface area contributed by atoms with Crippen molar-refractivity contribution in [3.05, 3.63) is 29.3 Å². The quantitative estimate of drug-likeness (QED) is 0.558. The van der Waals surface area contributed by atoms with Gasteiger partial charge >= 0.3 is 0 Å². The molecule has 0 aliphatic carbocycles. The lowest BCUT2D eigenvalue weighted by molar-refractivity contribution is 0.0958. The molecular weight excluding hydrogens is 194 g/mol. The second-order valence-electron chi connectivity index (χ2n) is 2.89. The first-order chi connectivity index (χ1) is 6.65. The average Bonchev–Trinajstić information content (AvgIpc) is 2.18. The van der Waals surface area contributed by atoms with Gasteiger partial charge in [0.15, 0.2) is 0 Å². The number of carbonyl (C=O) groups excluding carboxylic acids is 1. The van der Waals surface area contributed by atoms with E-state index in [2.05, 4.69) is 23.9 Å². The summed E-state index contributed by atoms with van der Waals surface area (Å²) >= 11 is 4.17. The van der Waals surface area contributed by atoms with Crippen LogP contribution in [0.3, 0.4) is 0 Å². The molecule has 0 fully saturated rings. The van der Waals surface area contributed by atoms with Crippen LogP contribution in [0.2, 0.25) is 0 Å². The predicted octanol–water partition coefficient (Wildman–Crippen LogP) is 1.65. The first kappa shape index (κ1) is 10.7. The zero-order chi connectivity index (χ0) is 10.6. The van der Waals surface area contributed by atoms with Gasteiger partial charge in [-0.15, -0.1) is 19.1 Å². The molecule has 0 aliphatic heterocycles. The molecule has 0 aliphatic rings. The monoisotopic (exact) mass is 205 g/mol. The second kappa shape index (κ2) is 4.73. The van der Waals surface area contributed by atoms with E-state index in [0.29, 0.717) is 5.56 Å². The summed E-state index contributed by atoms with van der Waals surface area (Å²) < 4.78 is 0. The van der Waals surface area contributed by atoms with Crippen LogP contribution in [0.15, 0.2) is 23.1 Å². The number of nitrogens with one attached hydrogen (secondary N) is 1. The van der Waals surface area contributed by atoms with Crippen LogP contribution in [0.1, 0.15) is 15.9 Å². The van der Waals surface area contributed by atoms with E-state index in [1.54, 1.807) is 6.07 Å². The van der Waals surface area contributed by atoms with Gasteiger partial charge in [0.05, 0.1) is 6.54 Å². The van der Waals surface area contributed by atoms with E-state index in [0.717, 1.165) is 10.5 Å². The molecule has 1 N–H and O–H groups in total. The molecule has 0 unspecified atom stereocenters. The number of carbonyl (C=O) groups is 1. The summed E-state index contributed by atoms with van der Waals surface area (Å²) in [7, 11) is 0. The number of rotatable bonds is 2. The Hall–Kier alpha value is -1.40. The molecule has 0 radical (unpaired) electrons. The van der Waals surface area contributed by atoms with E-state index in [-0.39, 0.29) is 12.5 Å². The molecule has 1 aromatic carbocycles. The van der Waals surface area contributed by atoms with Gasteiger partial charge in [-0.25, -0.2) is 0 Å². The van der Waals surface area contributed by atoms with Crippen molar-refractivity contribution < 1.29 is 4.79 Å². The third-order valence-corrected chi connectivity index (χ3v) is 2.09. The van der Waals surface area contributed by atoms with Crippen LogP contribution in [0.5, 0.6) is 0 Å². The molecule has 1 rings (SSSR count). The highest BCUT2D eigenvalue weighted by atomic mass is 32.1. The summed E-state index contributed by atoms with van der Waals surface area (Å²) in [4.78, 5) is 12.3. The van der Waals surface area contributed by atoms with Gasteiger partial charge in [0.1, 0.15) is 0 Å². The summed E-state index contributed by atoms with van der Waals surface area (Å²) in [6, 6.07) is 5.42. The smallest absolute Gasteiger partial charge is 0.252 e. The van der Waals surface area contributed by atoms with Crippen molar-refractivity contribution in [2.24, 2.45) is 0 Å². The molecule has 1 aromatic rings. The number of terminal acetylenes is 1. The normalized spacial score (nSPS) is 9.21. The summed E-state index contributed by atoms with van der Waals surface area (Å²) in [5.74, 6) is 2.20. The lowest BCUT2D eigenvalue weighted by Crippen LogP contribution is -2.24. The topological polar surface area (TPSA) is 29.1 Å². The number of aryl methyl sites for hydroxylation is 1. The van der Waals surface area contributed by atoms with Crippen molar-refractivity contribution in [3.63, 3.8) is 0 Å². The van der Waals surface area contributed by atoms with E-state index in [1.807, 2.05) is 19.1 Å². The van der Waals surface area contributed by atoms with Crippen molar-refractivity contribution in [1.82, 2.24) is 5.32 Å². The van der Waals surface area contributed by atoms with E-state index < -0.39 is 0 Å². The Labute approximate surface area is 89.1 Å². The first-order valence-corrected chi connectivity index (χ1v) is 4.61. The summed E-state index contributed by atoms with van der Waals surface area (Å²) in [6.45, 7) is 2.12. The lowest BCUT2D eigenvalue weighted by Gasteiger charge is -2.05. The van der Waals surface area contributed by atoms with Crippen LogP contribution >= 0.6 is 12.6 Å². The highest BCUT2D eigenvalue weighted by Gasteiger charge is 2.07. The molecular formula is C11H11NOS. The zero-order valence-electron chi connectivity index (χ0n) is 7.87. The molecule has 0 saturated heterocycles. The fourth-order valence-corrected chi connectivity index (χ4v) is 1.28. The van der Waals surface area contributed by atoms with Crippen molar-refractivity contribution in [1.29, 1.82) is 0 Å². The molecule has 2 nitrogen and oxygen atoms in total. The maximum absolute atomic E-state index is 11.5. The number of amides is 1. The van der Waals surface area contributed by atoms with Crippen molar-refractivity contribution in [2.75, 3.05) is 6.54 Å². The van der Waals surface area contributed by atoms with Gasteiger partial charge in [0.25, 0.3) is 5.91 Å². The Morgan fingerprint density at radius 3 is 3.00 bits per heavy atom. The molecule has 0 aromatic heterocycles. The Kier molecular flexibility index (Phi) is 3.61. The Morgan fingerprint density at radius 2 is 2.36 bits per heavy atom. The SMILES string of the molecule is C#CCNC(=O)c1cc(S)ccc1C. The van der Waals surface area contributed by atoms with Gasteiger partial charge in [-0.05, 0) is 24.6 Å². The van der Waals surface area contributed by atoms with E-state index in [9.17, 15) is 4.79 Å². The highest BCUT2D eigenvalue weighted by molar-refractivity contribution is 7.80. The van der Waals surface area contributed by atoms with Crippen molar-refractivity contribution in [3.8, 4) is 12.3 Å². The lowest BCUT2D eigenvalue weighted by atomic mass is 10.1. The fourth-order valence-electron chi connectivity index (χ4n) is 1.08. The summed E-state index contributed by atoms with van der Waals surface area (Å²) in [6.07, 6.45) is 5.04. The van der Waals surface area contributed by atoms with Crippen LogP contribution in [0.25, 0.3) is 0 Å². The van der Waals surface area contributed by atoms with Crippen molar-refractivity contribution in [2.45, 2.75) is 11.8 Å². The molecule has 0 bridgehead atoms. The third kappa shape index (κ3) is 2.54. The van der Waals surface area contributed by atoms with Gasteiger partial charge in [0, 0.05) is 10.5 Å². The minimum Gasteiger partial charge on any atom is -0.341 e. The Morgan fingerprint density at radius 1 is 1.64 bits per heavy atom. The highest BCUT2D eigenvalue weighted by Crippen LogP contribution is 2.13. The van der Waals surface area contributed by atoms with Gasteiger partial charge in [-0.2, -0.15) is 0 Å². The largest absolute Gasteiger partial charge is 0.341 e. The van der Waals surface area contributed by atoms with Gasteiger partial charge < -0.3 is 5.32 Å². The van der Waals surface area contributed by atoms with Crippen LogP contribution in [0.4, 0.5) is 0 Å². The van der Waals surface area contributed by atoms with E-state index in [4.69, 9.17) is 6.42 Å². The minimum absolute atomic E-state index is 0.156. The van der Waals surface area contributed by atoms with Gasteiger partial charge in [-0.1, -0.05) is 12.0 Å². The molecule has 0 spiro atoms. The van der Waals surface area contributed by atoms with E-state index in [1.165, 1.54) is 0 Å². The van der Waals surface area contributed by atoms with Crippen LogP contribution < -0.4 is 5.32 Å². The standard InChI is InChI=1S/C11H11NOS/c1-3-6-12-11(13)10-7-9(14)5-4-8(10)2/h1,4-5,7,14H,6H2,2H3,(H,12,13). The number of hydrogen-bond acceptors (Lipinski definition) is 2. The third-order valence-electron chi connectivity index (χ3n) is 1.82. The molecule has 3 heteroatoms. The van der Waals surface area contributed by atoms with Crippen LogP contribution in [-0.4, -0.2) is 12.5 Å². The van der Waals surface area contributed by atoms with Crippen LogP contribution in [0, 0.1) is 19.3 Å². The predicted molar refractivity (Wildman–Crippen MR) is 59.6 cm³/mol. The fraction of sp³-hybridized carbons (Fsp3) is 0.182. The molecule has 72 valence electrons. The maximum Gasteiger partial charge on any atom is 0.252 e. The zero-order valence-corrected chi connectivity index (χ0v) is 8.77. The first-order valence-electron chi connectivity index (χ1n) is 4.16. The Balaban J connectivity index is 2.90. The Bertz CT molecular complexity index is 393. The second-order valence-corrected chi connectivity index (χ2v) is 3.40. The number of thiol groups is 1. The molecule has 0 saturated carbocycles. The van der Waals surface area contributed by atoms with Crippen LogP contribution in [-0.2, 0) is 0 Å². The number of hydrogen-bond donors (Lipinski definition) is 2. The number of benzene rings is 1. The molecule has 14 heavy (non-hydrogen) atoms. The molecule has 0 atom stereocenters. The van der Waals surface area contributed by atoms with E-state index >= 15 is 0 Å². The van der Waals surface area contributed by atoms with Gasteiger partial charge in [-0.3, -0.25) is 4.79 Å². The molecule has 1 amide bonds. The molecule has 0 heterocycles. The maximum atomic E-state index is 11.5. The summed E-state index contributed by atoms with van der Waals surface area (Å²) in [5.41, 5.74) is 1.53. The minimum atomic E-state index is -0.156. The van der Waals surface area contributed by atoms with Crippen molar-refractivity contribution >= 4 is 18.5 Å². The summed E-state index contributed by atoms with van der Waals surface area (Å²) in [5, 5.41) is 2.61.